The molecule has 3 N–H and O–H groups in total. The van der Waals surface area contributed by atoms with Crippen LogP contribution >= 0.6 is 0 Å². The van der Waals surface area contributed by atoms with Crippen molar-refractivity contribution in [3.05, 3.63) is 29.8 Å². The molecule has 1 heterocycles. The second kappa shape index (κ2) is 8.57. The molecule has 2 unspecified atom stereocenters. The van der Waals surface area contributed by atoms with E-state index < -0.39 is 10.0 Å². The summed E-state index contributed by atoms with van der Waals surface area (Å²) in [6.07, 6.45) is 1.73. The Kier molecular flexibility index (Phi) is 6.73. The van der Waals surface area contributed by atoms with Gasteiger partial charge in [0.2, 0.25) is 10.0 Å². The maximum atomic E-state index is 12.4. The third-order valence-electron chi connectivity index (χ3n) is 3.96. The van der Waals surface area contributed by atoms with Gasteiger partial charge in [-0.3, -0.25) is 4.79 Å². The molecule has 1 aromatic carbocycles. The lowest BCUT2D eigenvalue weighted by molar-refractivity contribution is 0.0925. The summed E-state index contributed by atoms with van der Waals surface area (Å²) in [4.78, 5) is 12.5. The van der Waals surface area contributed by atoms with Crippen LogP contribution < -0.4 is 15.4 Å². The number of hydrogen-bond donors (Lipinski definition) is 3. The van der Waals surface area contributed by atoms with Crippen LogP contribution in [0.3, 0.4) is 0 Å². The first-order chi connectivity index (χ1) is 11.4. The number of piperidine rings is 1. The summed E-state index contributed by atoms with van der Waals surface area (Å²) in [6.45, 7) is 3.41. The zero-order valence-corrected chi connectivity index (χ0v) is 14.9. The maximum Gasteiger partial charge on any atom is 0.251 e. The summed E-state index contributed by atoms with van der Waals surface area (Å²) in [7, 11) is -2.15. The van der Waals surface area contributed by atoms with E-state index in [9.17, 15) is 13.2 Å². The molecule has 0 radical (unpaired) electrons. The fourth-order valence-electron chi connectivity index (χ4n) is 2.70. The lowest BCUT2D eigenvalue weighted by Gasteiger charge is -2.28. The van der Waals surface area contributed by atoms with Crippen LogP contribution in [0.15, 0.2) is 29.2 Å². The molecular weight excluding hydrogens is 330 g/mol. The molecule has 1 aliphatic rings. The van der Waals surface area contributed by atoms with Gasteiger partial charge in [-0.05, 0) is 44.5 Å². The number of methoxy groups -OCH3 is 1. The molecule has 0 bridgehead atoms. The summed E-state index contributed by atoms with van der Waals surface area (Å²) in [6, 6.07) is 6.53. The molecular formula is C16H25N3O4S. The Balaban J connectivity index is 2.04. The number of sulfonamides is 1. The van der Waals surface area contributed by atoms with Crippen molar-refractivity contribution in [1.82, 2.24) is 15.4 Å². The molecule has 1 amide bonds. The van der Waals surface area contributed by atoms with Crippen LogP contribution in [0.25, 0.3) is 0 Å². The number of nitrogens with one attached hydrogen (secondary N) is 3. The third-order valence-corrected chi connectivity index (χ3v) is 5.42. The van der Waals surface area contributed by atoms with E-state index in [2.05, 4.69) is 22.3 Å². The van der Waals surface area contributed by atoms with Gasteiger partial charge in [0.05, 0.1) is 11.5 Å². The second-order valence-corrected chi connectivity index (χ2v) is 7.74. The average molecular weight is 355 g/mol. The van der Waals surface area contributed by atoms with Crippen LogP contribution in [-0.4, -0.2) is 53.2 Å². The highest BCUT2D eigenvalue weighted by Crippen LogP contribution is 2.13. The molecule has 134 valence electrons. The molecule has 0 saturated carbocycles. The zero-order chi connectivity index (χ0) is 17.6. The van der Waals surface area contributed by atoms with Gasteiger partial charge in [0.25, 0.3) is 5.91 Å². The minimum absolute atomic E-state index is 0.0740. The normalized spacial score (nSPS) is 21.4. The fourth-order valence-corrected chi connectivity index (χ4v) is 3.76. The SMILES string of the molecule is COCCNS(=O)(=O)c1cccc(C(=O)NC2CCNC(C)C2)c1. The number of ether oxygens (including phenoxy) is 1. The zero-order valence-electron chi connectivity index (χ0n) is 14.0. The van der Waals surface area contributed by atoms with E-state index in [0.29, 0.717) is 11.6 Å². The number of benzene rings is 1. The first kappa shape index (κ1) is 18.9. The highest BCUT2D eigenvalue weighted by molar-refractivity contribution is 7.89. The summed E-state index contributed by atoms with van der Waals surface area (Å²) >= 11 is 0. The first-order valence-corrected chi connectivity index (χ1v) is 9.53. The molecule has 2 atom stereocenters. The fraction of sp³-hybridized carbons (Fsp3) is 0.562. The Bertz CT molecular complexity index is 663. The van der Waals surface area contributed by atoms with Gasteiger partial charge < -0.3 is 15.4 Å². The summed E-state index contributed by atoms with van der Waals surface area (Å²) < 4.78 is 31.7. The van der Waals surface area contributed by atoms with Crippen molar-refractivity contribution in [2.75, 3.05) is 26.8 Å². The largest absolute Gasteiger partial charge is 0.383 e. The molecule has 0 aliphatic carbocycles. The molecule has 2 rings (SSSR count). The highest BCUT2D eigenvalue weighted by atomic mass is 32.2. The second-order valence-electron chi connectivity index (χ2n) is 5.97. The van der Waals surface area contributed by atoms with E-state index in [4.69, 9.17) is 4.74 Å². The molecule has 24 heavy (non-hydrogen) atoms. The number of carbonyl (C=O) groups is 1. The molecule has 7 nitrogen and oxygen atoms in total. The summed E-state index contributed by atoms with van der Waals surface area (Å²) in [5.41, 5.74) is 0.343. The lowest BCUT2D eigenvalue weighted by atomic mass is 10.0. The van der Waals surface area contributed by atoms with Gasteiger partial charge in [-0.15, -0.1) is 0 Å². The van der Waals surface area contributed by atoms with Gasteiger partial charge in [-0.2, -0.15) is 0 Å². The predicted octanol–water partition coefficient (Wildman–Crippen LogP) is 0.482. The van der Waals surface area contributed by atoms with Gasteiger partial charge in [-0.25, -0.2) is 13.1 Å². The van der Waals surface area contributed by atoms with Crippen molar-refractivity contribution < 1.29 is 17.9 Å². The predicted molar refractivity (Wildman–Crippen MR) is 91.5 cm³/mol. The van der Waals surface area contributed by atoms with Gasteiger partial charge in [0.1, 0.15) is 0 Å². The van der Waals surface area contributed by atoms with E-state index in [1.807, 2.05) is 0 Å². The Labute approximate surface area is 143 Å². The van der Waals surface area contributed by atoms with Crippen molar-refractivity contribution in [1.29, 1.82) is 0 Å². The molecule has 0 spiro atoms. The number of amides is 1. The van der Waals surface area contributed by atoms with E-state index in [-0.39, 0.29) is 30.0 Å². The van der Waals surface area contributed by atoms with Crippen LogP contribution in [0.4, 0.5) is 0 Å². The van der Waals surface area contributed by atoms with E-state index in [0.717, 1.165) is 19.4 Å². The van der Waals surface area contributed by atoms with Crippen molar-refractivity contribution >= 4 is 15.9 Å². The van der Waals surface area contributed by atoms with Gasteiger partial charge >= 0.3 is 0 Å². The maximum absolute atomic E-state index is 12.4. The average Bonchev–Trinajstić information content (AvgIpc) is 2.55. The van der Waals surface area contributed by atoms with Crippen LogP contribution in [0.5, 0.6) is 0 Å². The molecule has 1 fully saturated rings. The quantitative estimate of drug-likeness (QED) is 0.618. The Morgan fingerprint density at radius 2 is 2.21 bits per heavy atom. The van der Waals surface area contributed by atoms with E-state index >= 15 is 0 Å². The van der Waals surface area contributed by atoms with Crippen LogP contribution in [0.2, 0.25) is 0 Å². The summed E-state index contributed by atoms with van der Waals surface area (Å²) in [5, 5.41) is 6.31. The third kappa shape index (κ3) is 5.27. The molecule has 1 saturated heterocycles. The smallest absolute Gasteiger partial charge is 0.251 e. The van der Waals surface area contributed by atoms with Gasteiger partial charge in [-0.1, -0.05) is 6.07 Å². The summed E-state index contributed by atoms with van der Waals surface area (Å²) in [5.74, 6) is -0.247. The van der Waals surface area contributed by atoms with E-state index in [1.165, 1.54) is 19.2 Å². The molecule has 1 aliphatic heterocycles. The minimum atomic E-state index is -3.65. The Hall–Kier alpha value is -1.48. The lowest BCUT2D eigenvalue weighted by Crippen LogP contribution is -2.46. The van der Waals surface area contributed by atoms with Crippen molar-refractivity contribution in [3.8, 4) is 0 Å². The van der Waals surface area contributed by atoms with E-state index in [1.54, 1.807) is 12.1 Å². The number of rotatable bonds is 7. The Morgan fingerprint density at radius 1 is 1.42 bits per heavy atom. The minimum Gasteiger partial charge on any atom is -0.383 e. The van der Waals surface area contributed by atoms with Crippen LogP contribution in [0, 0.1) is 0 Å². The van der Waals surface area contributed by atoms with Gasteiger partial charge in [0, 0.05) is 31.3 Å². The van der Waals surface area contributed by atoms with Crippen molar-refractivity contribution in [2.24, 2.45) is 0 Å². The van der Waals surface area contributed by atoms with Crippen molar-refractivity contribution in [3.63, 3.8) is 0 Å². The topological polar surface area (TPSA) is 96.5 Å². The monoisotopic (exact) mass is 355 g/mol. The van der Waals surface area contributed by atoms with Gasteiger partial charge in [0.15, 0.2) is 0 Å². The number of carbonyl (C=O) groups excluding carboxylic acids is 1. The van der Waals surface area contributed by atoms with Crippen LogP contribution in [0.1, 0.15) is 30.1 Å². The molecule has 0 aromatic heterocycles. The van der Waals surface area contributed by atoms with Crippen LogP contribution in [-0.2, 0) is 14.8 Å². The highest BCUT2D eigenvalue weighted by Gasteiger charge is 2.21. The number of hydrogen-bond acceptors (Lipinski definition) is 5. The standard InChI is InChI=1S/C16H25N3O4S/c1-12-10-14(6-7-17-12)19-16(20)13-4-3-5-15(11-13)24(21,22)18-8-9-23-2/h3-5,11-12,14,17-18H,6-10H2,1-2H3,(H,19,20). The molecule has 1 aromatic rings. The first-order valence-electron chi connectivity index (χ1n) is 8.05. The molecule has 8 heteroatoms. The van der Waals surface area contributed by atoms with Crippen molar-refractivity contribution in [2.45, 2.75) is 36.7 Å². The Morgan fingerprint density at radius 3 is 2.92 bits per heavy atom.